The maximum Gasteiger partial charge on any atom is 0.310 e. The molecule has 4 aromatic rings. The van der Waals surface area contributed by atoms with Crippen molar-refractivity contribution in [3.63, 3.8) is 0 Å². The molecule has 0 aliphatic carbocycles. The number of halogens is 2. The predicted molar refractivity (Wildman–Crippen MR) is 165 cm³/mol. The van der Waals surface area contributed by atoms with Gasteiger partial charge >= 0.3 is 5.97 Å². The molecule has 0 spiro atoms. The Morgan fingerprint density at radius 2 is 1.55 bits per heavy atom. The van der Waals surface area contributed by atoms with Crippen molar-refractivity contribution in [2.45, 2.75) is 78.6 Å². The lowest BCUT2D eigenvalue weighted by molar-refractivity contribution is -0.139. The highest BCUT2D eigenvalue weighted by Gasteiger charge is 2.35. The lowest BCUT2D eigenvalue weighted by Gasteiger charge is -2.20. The van der Waals surface area contributed by atoms with Crippen LogP contribution < -0.4 is 0 Å². The summed E-state index contributed by atoms with van der Waals surface area (Å²) in [4.78, 5) is 11.5. The van der Waals surface area contributed by atoms with Crippen molar-refractivity contribution >= 4 is 27.4 Å². The summed E-state index contributed by atoms with van der Waals surface area (Å²) in [5.41, 5.74) is 6.45. The molecule has 1 aromatic heterocycles. The number of ether oxygens (including phenoxy) is 1. The Hall–Kier alpha value is -3.05. The Balaban J connectivity index is 0.000000267. The zero-order chi connectivity index (χ0) is 29.3. The predicted octanol–water partition coefficient (Wildman–Crippen LogP) is 9.91. The van der Waals surface area contributed by atoms with Crippen LogP contribution in [0.5, 0.6) is 0 Å². The van der Waals surface area contributed by atoms with E-state index in [4.69, 9.17) is 4.74 Å². The molecular formula is C35H42F2O2S. The van der Waals surface area contributed by atoms with E-state index in [9.17, 15) is 13.6 Å². The number of carbonyl (C=O) groups excluding carboxylic acids is 1. The van der Waals surface area contributed by atoms with Gasteiger partial charge in [0.2, 0.25) is 0 Å². The monoisotopic (exact) mass is 564 g/mol. The Bertz CT molecular complexity index is 1370. The molecule has 40 heavy (non-hydrogen) atoms. The van der Waals surface area contributed by atoms with Gasteiger partial charge in [-0.2, -0.15) is 0 Å². The second kappa shape index (κ2) is 14.5. The molecule has 0 fully saturated rings. The van der Waals surface area contributed by atoms with Crippen LogP contribution in [0.25, 0.3) is 10.1 Å². The van der Waals surface area contributed by atoms with Crippen molar-refractivity contribution in [3.8, 4) is 0 Å². The van der Waals surface area contributed by atoms with E-state index in [1.165, 1.54) is 66.3 Å². The van der Waals surface area contributed by atoms with E-state index in [1.54, 1.807) is 23.5 Å². The first-order valence-electron chi connectivity index (χ1n) is 14.2. The molecule has 0 aliphatic rings. The maximum absolute atomic E-state index is 13.5. The quantitative estimate of drug-likeness (QED) is 0.179. The van der Waals surface area contributed by atoms with E-state index in [1.807, 2.05) is 6.92 Å². The topological polar surface area (TPSA) is 26.3 Å². The van der Waals surface area contributed by atoms with Crippen molar-refractivity contribution < 1.29 is 18.3 Å². The van der Waals surface area contributed by atoms with Gasteiger partial charge < -0.3 is 4.74 Å². The molecule has 4 rings (SSSR count). The number of alkyl halides is 2. The number of hydrogen-bond donors (Lipinski definition) is 0. The number of aryl methyl sites for hydroxylation is 3. The van der Waals surface area contributed by atoms with Crippen LogP contribution in [0.1, 0.15) is 80.3 Å². The molecule has 0 radical (unpaired) electrons. The van der Waals surface area contributed by atoms with Gasteiger partial charge in [-0.3, -0.25) is 4.79 Å². The Kier molecular flexibility index (Phi) is 11.4. The van der Waals surface area contributed by atoms with Gasteiger partial charge in [-0.15, -0.1) is 11.3 Å². The highest BCUT2D eigenvalue weighted by molar-refractivity contribution is 7.17. The summed E-state index contributed by atoms with van der Waals surface area (Å²) in [5, 5.41) is 3.24. The van der Waals surface area contributed by atoms with Crippen molar-refractivity contribution in [1.29, 1.82) is 0 Å². The fourth-order valence-corrected chi connectivity index (χ4v) is 5.55. The first-order valence-corrected chi connectivity index (χ1v) is 15.1. The molecule has 5 heteroatoms. The molecule has 0 amide bonds. The Morgan fingerprint density at radius 1 is 0.900 bits per heavy atom. The normalized spacial score (nSPS) is 12.2. The highest BCUT2D eigenvalue weighted by atomic mass is 32.1. The minimum absolute atomic E-state index is 0.115. The molecule has 214 valence electrons. The minimum atomic E-state index is -2.72. The number of thiophene rings is 1. The van der Waals surface area contributed by atoms with Crippen LogP contribution in [0.2, 0.25) is 0 Å². The number of benzene rings is 3. The molecule has 0 saturated carbocycles. The summed E-state index contributed by atoms with van der Waals surface area (Å²) in [7, 11) is 1.44. The SMILES string of the molecule is CCC(C)c1cccc(CCc2ccc3c(CC(=O)OC)csc3c2)c1.CCc1ccc(C(F)(F)C(C)C)cc1. The molecule has 2 nitrogen and oxygen atoms in total. The lowest BCUT2D eigenvalue weighted by atomic mass is 9.95. The fourth-order valence-electron chi connectivity index (χ4n) is 4.52. The zero-order valence-corrected chi connectivity index (χ0v) is 25.4. The van der Waals surface area contributed by atoms with Gasteiger partial charge in [-0.1, -0.05) is 95.3 Å². The van der Waals surface area contributed by atoms with Gasteiger partial charge in [0, 0.05) is 16.2 Å². The number of rotatable bonds is 10. The highest BCUT2D eigenvalue weighted by Crippen LogP contribution is 2.35. The summed E-state index contributed by atoms with van der Waals surface area (Å²) in [5.74, 6) is -2.94. The summed E-state index contributed by atoms with van der Waals surface area (Å²) < 4.78 is 33.1. The molecule has 1 unspecified atom stereocenters. The molecule has 1 heterocycles. The number of esters is 1. The third-order valence-corrected chi connectivity index (χ3v) is 8.58. The second-order valence-corrected chi connectivity index (χ2v) is 11.6. The molecule has 1 atom stereocenters. The second-order valence-electron chi connectivity index (χ2n) is 10.7. The number of hydrogen-bond acceptors (Lipinski definition) is 3. The summed E-state index contributed by atoms with van der Waals surface area (Å²) >= 11 is 1.70. The molecule has 3 aromatic carbocycles. The molecule has 0 N–H and O–H groups in total. The van der Waals surface area contributed by atoms with Crippen LogP contribution in [0, 0.1) is 5.92 Å². The maximum atomic E-state index is 13.5. The van der Waals surface area contributed by atoms with Crippen LogP contribution in [0.3, 0.4) is 0 Å². The molecule has 0 bridgehead atoms. The molecular weight excluding hydrogens is 522 g/mol. The average molecular weight is 565 g/mol. The number of carbonyl (C=O) groups is 1. The van der Waals surface area contributed by atoms with E-state index in [2.05, 4.69) is 61.7 Å². The van der Waals surface area contributed by atoms with Crippen LogP contribution in [0.15, 0.2) is 72.1 Å². The largest absolute Gasteiger partial charge is 0.469 e. The van der Waals surface area contributed by atoms with Gasteiger partial charge in [0.1, 0.15) is 0 Å². The van der Waals surface area contributed by atoms with Crippen molar-refractivity contribution in [2.75, 3.05) is 7.11 Å². The summed E-state index contributed by atoms with van der Waals surface area (Å²) in [6.45, 7) is 9.61. The van der Waals surface area contributed by atoms with Crippen LogP contribution >= 0.6 is 11.3 Å². The first kappa shape index (κ1) is 31.5. The third kappa shape index (κ3) is 8.23. The fraction of sp³-hybridized carbons (Fsp3) is 0.400. The smallest absolute Gasteiger partial charge is 0.310 e. The van der Waals surface area contributed by atoms with Crippen molar-refractivity contribution in [1.82, 2.24) is 0 Å². The van der Waals surface area contributed by atoms with Gasteiger partial charge in [0.05, 0.1) is 13.5 Å². The number of fused-ring (bicyclic) bond motifs is 1. The van der Waals surface area contributed by atoms with Crippen LogP contribution in [-0.2, 0) is 41.1 Å². The van der Waals surface area contributed by atoms with Crippen molar-refractivity contribution in [3.05, 3.63) is 105 Å². The van der Waals surface area contributed by atoms with Crippen LogP contribution in [-0.4, -0.2) is 13.1 Å². The first-order chi connectivity index (χ1) is 19.1. The third-order valence-electron chi connectivity index (χ3n) is 7.59. The molecule has 0 aliphatic heterocycles. The molecule has 0 saturated heterocycles. The van der Waals surface area contributed by atoms with Crippen molar-refractivity contribution in [2.24, 2.45) is 5.92 Å². The average Bonchev–Trinajstić information content (AvgIpc) is 3.37. The van der Waals surface area contributed by atoms with Crippen LogP contribution in [0.4, 0.5) is 8.78 Å². The van der Waals surface area contributed by atoms with Gasteiger partial charge in [0.25, 0.3) is 5.92 Å². The standard InChI is InChI=1S/C23H26O2S.C12H16F2/c1-4-16(2)19-7-5-6-17(12-19)8-9-18-10-11-21-20(14-23(24)25-3)15-26-22(21)13-18;1-4-10-5-7-11(8-6-10)12(13,14)9(2)3/h5-7,10-13,15-16H,4,8-9,14H2,1-3H3;5-9H,4H2,1-3H3. The number of methoxy groups -OCH3 is 1. The zero-order valence-electron chi connectivity index (χ0n) is 24.6. The summed E-state index contributed by atoms with van der Waals surface area (Å²) in [6.07, 6.45) is 4.48. The summed E-state index contributed by atoms with van der Waals surface area (Å²) in [6, 6.07) is 22.2. The van der Waals surface area contributed by atoms with Gasteiger partial charge in [-0.25, -0.2) is 8.78 Å². The minimum Gasteiger partial charge on any atom is -0.469 e. The van der Waals surface area contributed by atoms with E-state index >= 15 is 0 Å². The van der Waals surface area contributed by atoms with E-state index in [0.717, 1.165) is 30.4 Å². The van der Waals surface area contributed by atoms with E-state index in [-0.39, 0.29) is 11.5 Å². The Labute approximate surface area is 242 Å². The lowest BCUT2D eigenvalue weighted by Crippen LogP contribution is -2.20. The van der Waals surface area contributed by atoms with Gasteiger partial charge in [-0.05, 0) is 76.3 Å². The Morgan fingerprint density at radius 3 is 2.15 bits per heavy atom. The van der Waals surface area contributed by atoms with E-state index in [0.29, 0.717) is 12.3 Å². The van der Waals surface area contributed by atoms with Gasteiger partial charge in [0.15, 0.2) is 0 Å². The van der Waals surface area contributed by atoms with E-state index < -0.39 is 11.8 Å².